The Morgan fingerprint density at radius 1 is 1.30 bits per heavy atom. The average molecular weight is 307 g/mol. The molecule has 3 rings (SSSR count). The van der Waals surface area contributed by atoms with Crippen LogP contribution in [0, 0.1) is 18.3 Å². The third-order valence-electron chi connectivity index (χ3n) is 3.06. The summed E-state index contributed by atoms with van der Waals surface area (Å²) < 4.78 is 12.0. The summed E-state index contributed by atoms with van der Waals surface area (Å²) in [5, 5.41) is 13.0. The first-order valence-electron chi connectivity index (χ1n) is 6.79. The van der Waals surface area contributed by atoms with Crippen molar-refractivity contribution < 1.29 is 9.15 Å². The van der Waals surface area contributed by atoms with Gasteiger partial charge in [-0.25, -0.2) is 14.6 Å². The van der Waals surface area contributed by atoms with E-state index in [1.165, 1.54) is 6.20 Å². The van der Waals surface area contributed by atoms with Crippen LogP contribution in [-0.4, -0.2) is 26.9 Å². The second-order valence-corrected chi connectivity index (χ2v) is 4.78. The highest BCUT2D eigenvalue weighted by molar-refractivity contribution is 5.60. The molecule has 0 unspecified atom stereocenters. The zero-order valence-electron chi connectivity index (χ0n) is 12.6. The lowest BCUT2D eigenvalue weighted by Crippen LogP contribution is -1.90. The van der Waals surface area contributed by atoms with Gasteiger partial charge in [-0.3, -0.25) is 0 Å². The summed E-state index contributed by atoms with van der Waals surface area (Å²) in [6.07, 6.45) is 6.38. The molecule has 1 aromatic carbocycles. The van der Waals surface area contributed by atoms with Gasteiger partial charge in [0.25, 0.3) is 0 Å². The first kappa shape index (κ1) is 14.5. The van der Waals surface area contributed by atoms with Crippen molar-refractivity contribution in [1.29, 1.82) is 5.26 Å². The third kappa shape index (κ3) is 3.27. The summed E-state index contributed by atoms with van der Waals surface area (Å²) in [7, 11) is 1.63. The van der Waals surface area contributed by atoms with Gasteiger partial charge >= 0.3 is 5.89 Å². The number of rotatable bonds is 4. The summed E-state index contributed by atoms with van der Waals surface area (Å²) in [5.74, 6) is 1.84. The standard InChI is InChI=1S/C16H13N5O2/c1-11-5-12(7-14(6-11)22-2)16-19-10-21(20-16)4-3-13-9-18-15(8-17)23-13/h3-7,9-10H,1-2H3/b4-3-. The van der Waals surface area contributed by atoms with Gasteiger partial charge in [0, 0.05) is 17.8 Å². The highest BCUT2D eigenvalue weighted by Crippen LogP contribution is 2.23. The lowest BCUT2D eigenvalue weighted by molar-refractivity contribution is 0.414. The van der Waals surface area contributed by atoms with Gasteiger partial charge < -0.3 is 9.15 Å². The molecule has 0 spiro atoms. The number of nitrogens with zero attached hydrogens (tertiary/aromatic N) is 5. The number of aromatic nitrogens is 4. The third-order valence-corrected chi connectivity index (χ3v) is 3.06. The summed E-state index contributed by atoms with van der Waals surface area (Å²) in [6.45, 7) is 1.99. The lowest BCUT2D eigenvalue weighted by Gasteiger charge is -2.03. The fraction of sp³-hybridized carbons (Fsp3) is 0.125. The Kier molecular flexibility index (Phi) is 3.89. The van der Waals surface area contributed by atoms with Crippen molar-refractivity contribution in [2.24, 2.45) is 0 Å². The van der Waals surface area contributed by atoms with Gasteiger partial charge in [-0.1, -0.05) is 0 Å². The zero-order valence-corrected chi connectivity index (χ0v) is 12.6. The minimum Gasteiger partial charge on any atom is -0.497 e. The van der Waals surface area contributed by atoms with Crippen LogP contribution in [0.25, 0.3) is 23.7 Å². The van der Waals surface area contributed by atoms with E-state index in [1.807, 2.05) is 31.2 Å². The van der Waals surface area contributed by atoms with Gasteiger partial charge in [-0.15, -0.1) is 5.10 Å². The molecule has 0 N–H and O–H groups in total. The van der Waals surface area contributed by atoms with E-state index in [-0.39, 0.29) is 5.89 Å². The molecule has 7 nitrogen and oxygen atoms in total. The monoisotopic (exact) mass is 307 g/mol. The van der Waals surface area contributed by atoms with Gasteiger partial charge in [-0.2, -0.15) is 5.26 Å². The molecule has 0 saturated heterocycles. The van der Waals surface area contributed by atoms with Gasteiger partial charge in [0.15, 0.2) is 11.9 Å². The van der Waals surface area contributed by atoms with Crippen LogP contribution < -0.4 is 4.74 Å². The molecular weight excluding hydrogens is 294 g/mol. The van der Waals surface area contributed by atoms with Crippen LogP contribution in [0.2, 0.25) is 0 Å². The summed E-state index contributed by atoms with van der Waals surface area (Å²) in [4.78, 5) is 8.07. The first-order chi connectivity index (χ1) is 11.2. The van der Waals surface area contributed by atoms with Crippen molar-refractivity contribution in [2.45, 2.75) is 6.92 Å². The number of aryl methyl sites for hydroxylation is 1. The van der Waals surface area contributed by atoms with E-state index in [0.717, 1.165) is 16.9 Å². The van der Waals surface area contributed by atoms with Gasteiger partial charge in [-0.05, 0) is 30.7 Å². The molecule has 0 fully saturated rings. The van der Waals surface area contributed by atoms with Crippen LogP contribution in [0.3, 0.4) is 0 Å². The molecule has 114 valence electrons. The number of hydrogen-bond acceptors (Lipinski definition) is 6. The van der Waals surface area contributed by atoms with E-state index >= 15 is 0 Å². The smallest absolute Gasteiger partial charge is 0.301 e. The molecule has 2 aromatic heterocycles. The minimum absolute atomic E-state index is 0.0239. The maximum atomic E-state index is 8.66. The van der Waals surface area contributed by atoms with Gasteiger partial charge in [0.05, 0.1) is 13.3 Å². The topological polar surface area (TPSA) is 89.8 Å². The van der Waals surface area contributed by atoms with Crippen molar-refractivity contribution in [2.75, 3.05) is 7.11 Å². The van der Waals surface area contributed by atoms with E-state index in [1.54, 1.807) is 30.4 Å². The SMILES string of the molecule is COc1cc(C)cc(-c2ncn(/C=C\c3cnc(C#N)o3)n2)c1. The molecule has 0 saturated carbocycles. The predicted molar refractivity (Wildman–Crippen MR) is 83.2 cm³/mol. The van der Waals surface area contributed by atoms with Crippen molar-refractivity contribution in [3.05, 3.63) is 47.9 Å². The minimum atomic E-state index is 0.0239. The molecule has 2 heterocycles. The fourth-order valence-electron chi connectivity index (χ4n) is 2.04. The Hall–Kier alpha value is -3.40. The first-order valence-corrected chi connectivity index (χ1v) is 6.79. The van der Waals surface area contributed by atoms with Crippen LogP contribution in [-0.2, 0) is 0 Å². The summed E-state index contributed by atoms with van der Waals surface area (Å²) in [6, 6.07) is 7.64. The van der Waals surface area contributed by atoms with Crippen LogP contribution in [0.1, 0.15) is 17.2 Å². The molecule has 0 bridgehead atoms. The van der Waals surface area contributed by atoms with E-state index in [9.17, 15) is 0 Å². The number of nitriles is 1. The van der Waals surface area contributed by atoms with Crippen LogP contribution in [0.15, 0.2) is 35.1 Å². The van der Waals surface area contributed by atoms with E-state index in [4.69, 9.17) is 14.4 Å². The van der Waals surface area contributed by atoms with Gasteiger partial charge in [0.1, 0.15) is 17.8 Å². The zero-order chi connectivity index (χ0) is 16.2. The van der Waals surface area contributed by atoms with E-state index in [2.05, 4.69) is 15.1 Å². The Morgan fingerprint density at radius 2 is 2.17 bits per heavy atom. The summed E-state index contributed by atoms with van der Waals surface area (Å²) >= 11 is 0. The molecule has 7 heteroatoms. The van der Waals surface area contributed by atoms with Crippen LogP contribution in [0.5, 0.6) is 5.75 Å². The fourth-order valence-corrected chi connectivity index (χ4v) is 2.04. The summed E-state index contributed by atoms with van der Waals surface area (Å²) in [5.41, 5.74) is 1.94. The molecule has 23 heavy (non-hydrogen) atoms. The highest BCUT2D eigenvalue weighted by atomic mass is 16.5. The van der Waals surface area contributed by atoms with E-state index < -0.39 is 0 Å². The molecule has 0 aliphatic rings. The maximum absolute atomic E-state index is 8.66. The number of hydrogen-bond donors (Lipinski definition) is 0. The second kappa shape index (κ2) is 6.15. The highest BCUT2D eigenvalue weighted by Gasteiger charge is 2.06. The number of oxazole rings is 1. The Morgan fingerprint density at radius 3 is 2.91 bits per heavy atom. The molecule has 0 aliphatic heterocycles. The Balaban J connectivity index is 1.83. The number of ether oxygens (including phenoxy) is 1. The molecule has 0 aliphatic carbocycles. The van der Waals surface area contributed by atoms with Crippen molar-refractivity contribution in [1.82, 2.24) is 19.7 Å². The lowest BCUT2D eigenvalue weighted by atomic mass is 10.1. The predicted octanol–water partition coefficient (Wildman–Crippen LogP) is 2.75. The molecule has 0 atom stereocenters. The molecule has 0 radical (unpaired) electrons. The van der Waals surface area contributed by atoms with Crippen molar-refractivity contribution >= 4 is 12.3 Å². The number of methoxy groups -OCH3 is 1. The average Bonchev–Trinajstić information content (AvgIpc) is 3.21. The van der Waals surface area contributed by atoms with Crippen LogP contribution >= 0.6 is 0 Å². The number of benzene rings is 1. The maximum Gasteiger partial charge on any atom is 0.301 e. The Labute approximate surface area is 132 Å². The van der Waals surface area contributed by atoms with Crippen molar-refractivity contribution in [3.8, 4) is 23.2 Å². The largest absolute Gasteiger partial charge is 0.497 e. The van der Waals surface area contributed by atoms with E-state index in [0.29, 0.717) is 11.6 Å². The molecular formula is C16H13N5O2. The normalized spacial score (nSPS) is 10.8. The molecule has 3 aromatic rings. The second-order valence-electron chi connectivity index (χ2n) is 4.78. The quantitative estimate of drug-likeness (QED) is 0.736. The van der Waals surface area contributed by atoms with Gasteiger partial charge in [0.2, 0.25) is 0 Å². The Bertz CT molecular complexity index is 901. The van der Waals surface area contributed by atoms with Crippen molar-refractivity contribution in [3.63, 3.8) is 0 Å². The van der Waals surface area contributed by atoms with Crippen LogP contribution in [0.4, 0.5) is 0 Å². The molecule has 0 amide bonds.